The van der Waals surface area contributed by atoms with Crippen LogP contribution in [0.3, 0.4) is 0 Å². The first-order valence-electron chi connectivity index (χ1n) is 41.9. The predicted molar refractivity (Wildman–Crippen MR) is 508 cm³/mol. The topological polar surface area (TPSA) is 87.2 Å². The second kappa shape index (κ2) is 33.6. The Kier molecular flexibility index (Phi) is 20.4. The minimum atomic E-state index is -0.447. The van der Waals surface area contributed by atoms with Gasteiger partial charge in [-0.1, -0.05) is 358 Å². The summed E-state index contributed by atoms with van der Waals surface area (Å²) >= 11 is 0. The second-order valence-corrected chi connectivity index (χ2v) is 31.1. The lowest BCUT2D eigenvalue weighted by molar-refractivity contribution is 0.628. The van der Waals surface area contributed by atoms with Gasteiger partial charge in [-0.25, -0.2) is 38.7 Å². The lowest BCUT2D eigenvalue weighted by atomic mass is 9.97. The molecule has 125 heavy (non-hydrogen) atoms. The van der Waals surface area contributed by atoms with Crippen LogP contribution in [0.15, 0.2) is 449 Å². The highest BCUT2D eigenvalue weighted by molar-refractivity contribution is 6.13. The fourth-order valence-electron chi connectivity index (χ4n) is 17.3. The summed E-state index contributed by atoms with van der Waals surface area (Å²) in [6.45, 7) is 0. The first-order chi connectivity index (χ1) is 61.8. The van der Waals surface area contributed by atoms with Crippen molar-refractivity contribution in [3.8, 4) is 158 Å². The van der Waals surface area contributed by atoms with Gasteiger partial charge in [-0.3, -0.25) is 0 Å². The molecule has 4 heterocycles. The zero-order valence-corrected chi connectivity index (χ0v) is 67.8. The molecule has 0 atom stereocenters. The molecular formula is C115H76F2N8. The first-order valence-corrected chi connectivity index (χ1v) is 41.9. The van der Waals surface area contributed by atoms with Crippen molar-refractivity contribution in [1.29, 1.82) is 0 Å². The number of aromatic nitrogens is 8. The van der Waals surface area contributed by atoms with Gasteiger partial charge in [-0.05, 0) is 186 Å². The summed E-state index contributed by atoms with van der Waals surface area (Å²) in [6.07, 6.45) is 1.03. The normalized spacial score (nSPS) is 11.4. The van der Waals surface area contributed by atoms with Crippen molar-refractivity contribution in [2.75, 3.05) is 0 Å². The van der Waals surface area contributed by atoms with Crippen LogP contribution >= 0.6 is 0 Å². The number of benzene rings is 18. The SMILES string of the molecule is Fc1ccccc1-c1nc(-c2ccccc2)nc(-c2ccccc2F)n1.c1ccc(-c2ccc3c(c2)Cc2ccc(-c4ccccc4)cc2-3)cc1.c1ccc(-c2ccc3c(c2)c2ccc(-c4ccccc4)cc2n3-c2ccccc2-c2nc(-c3ccccc3)nc(-c3ccccc3-n3c4ccc(-c5ccccc5)cc4c4ccc(-c5ccccc5)cc43)n2)cc1. The van der Waals surface area contributed by atoms with E-state index in [2.05, 4.69) is 376 Å². The van der Waals surface area contributed by atoms with Crippen LogP contribution in [0.4, 0.5) is 8.78 Å². The Bertz CT molecular complexity index is 7410. The van der Waals surface area contributed by atoms with Crippen LogP contribution in [0.5, 0.6) is 0 Å². The molecule has 4 aromatic heterocycles. The lowest BCUT2D eigenvalue weighted by Crippen LogP contribution is -2.05. The highest BCUT2D eigenvalue weighted by Gasteiger charge is 2.26. The highest BCUT2D eigenvalue weighted by atomic mass is 19.1. The summed E-state index contributed by atoms with van der Waals surface area (Å²) in [4.78, 5) is 29.4. The summed E-state index contributed by atoms with van der Waals surface area (Å²) < 4.78 is 33.3. The lowest BCUT2D eigenvalue weighted by Gasteiger charge is -2.17. The molecule has 0 saturated carbocycles. The smallest absolute Gasteiger partial charge is 0.167 e. The van der Waals surface area contributed by atoms with E-state index in [1.54, 1.807) is 36.4 Å². The molecule has 23 rings (SSSR count). The number of nitrogens with zero attached hydrogens (tertiary/aromatic N) is 8. The minimum Gasteiger partial charge on any atom is -0.308 e. The van der Waals surface area contributed by atoms with E-state index in [4.69, 9.17) is 15.0 Å². The molecule has 0 unspecified atom stereocenters. The predicted octanol–water partition coefficient (Wildman–Crippen LogP) is 29.5. The Morgan fingerprint density at radius 1 is 0.168 bits per heavy atom. The van der Waals surface area contributed by atoms with Gasteiger partial charge in [0.1, 0.15) is 11.6 Å². The molecule has 0 fully saturated rings. The number of fused-ring (bicyclic) bond motifs is 9. The van der Waals surface area contributed by atoms with Crippen molar-refractivity contribution < 1.29 is 8.78 Å². The molecule has 18 aromatic carbocycles. The van der Waals surface area contributed by atoms with E-state index in [-0.39, 0.29) is 22.8 Å². The van der Waals surface area contributed by atoms with Crippen LogP contribution in [-0.2, 0) is 6.42 Å². The molecule has 0 radical (unpaired) electrons. The van der Waals surface area contributed by atoms with Crippen LogP contribution in [-0.4, -0.2) is 39.0 Å². The van der Waals surface area contributed by atoms with Crippen molar-refractivity contribution in [2.24, 2.45) is 0 Å². The van der Waals surface area contributed by atoms with Crippen molar-refractivity contribution in [1.82, 2.24) is 39.0 Å². The summed E-state index contributed by atoms with van der Waals surface area (Å²) in [5.74, 6) is 1.54. The molecule has 10 heteroatoms. The van der Waals surface area contributed by atoms with Crippen molar-refractivity contribution in [3.63, 3.8) is 0 Å². The monoisotopic (exact) mass is 1610 g/mol. The van der Waals surface area contributed by atoms with Crippen LogP contribution < -0.4 is 0 Å². The molecule has 0 N–H and O–H groups in total. The number of rotatable bonds is 14. The zero-order valence-electron chi connectivity index (χ0n) is 67.8. The summed E-state index contributed by atoms with van der Waals surface area (Å²) in [5, 5.41) is 4.67. The third-order valence-electron chi connectivity index (χ3n) is 23.4. The molecule has 1 aliphatic rings. The number of hydrogen-bond donors (Lipinski definition) is 0. The van der Waals surface area contributed by atoms with Gasteiger partial charge in [0.25, 0.3) is 0 Å². The standard InChI is InChI=1S/C69H45N5.C25H18.C21H13F2N3/c1-6-20-46(21-7-1)51-36-40-63-59(42-51)55-38-34-53(48-24-10-3-11-25-48)44-65(55)73(63)61-32-18-16-30-57(61)68-70-67(50-28-14-5-15-29-50)71-69(72-68)58-31-17-19-33-62(58)74-64-41-37-52(47-22-8-2-9-23-47)43-60(64)56-39-35-54(45-66(56)74)49-26-12-4-13-27-49;1-3-7-18(8-4-1)20-13-14-24-23(15-20)16-22-12-11-21(17-25(22)24)19-9-5-2-6-10-19;22-17-12-6-4-10-15(17)20-24-19(14-8-2-1-3-9-14)25-21(26-20)16-11-5-7-13-18(16)23/h1-45H;1-15,17H,16H2;1-13H. The fraction of sp³-hybridized carbons (Fsp3) is 0.00870. The van der Waals surface area contributed by atoms with Crippen LogP contribution in [0.2, 0.25) is 0 Å². The maximum absolute atomic E-state index is 14.2. The maximum Gasteiger partial charge on any atom is 0.167 e. The third kappa shape index (κ3) is 15.1. The Morgan fingerprint density at radius 3 is 0.824 bits per heavy atom. The van der Waals surface area contributed by atoms with Crippen LogP contribution in [0, 0.1) is 11.6 Å². The maximum atomic E-state index is 14.2. The van der Waals surface area contributed by atoms with E-state index in [1.807, 2.05) is 48.5 Å². The Labute approximate surface area is 722 Å². The zero-order chi connectivity index (χ0) is 83.5. The van der Waals surface area contributed by atoms with Gasteiger partial charge >= 0.3 is 0 Å². The number of para-hydroxylation sites is 2. The Hall–Kier alpha value is -16.6. The van der Waals surface area contributed by atoms with Gasteiger partial charge in [0.2, 0.25) is 0 Å². The minimum absolute atomic E-state index is 0.162. The first kappa shape index (κ1) is 75.9. The van der Waals surface area contributed by atoms with Crippen molar-refractivity contribution in [3.05, 3.63) is 472 Å². The number of halogens is 2. The average molecular weight is 1610 g/mol. The van der Waals surface area contributed by atoms with E-state index in [0.717, 1.165) is 84.4 Å². The molecule has 8 nitrogen and oxygen atoms in total. The molecular weight excluding hydrogens is 1530 g/mol. The molecule has 0 saturated heterocycles. The van der Waals surface area contributed by atoms with Gasteiger partial charge in [0.15, 0.2) is 34.9 Å². The summed E-state index contributed by atoms with van der Waals surface area (Å²) in [7, 11) is 0. The molecule has 0 aliphatic heterocycles. The quantitative estimate of drug-likeness (QED) is 0.108. The number of hydrogen-bond acceptors (Lipinski definition) is 6. The van der Waals surface area contributed by atoms with E-state index < -0.39 is 11.6 Å². The summed E-state index contributed by atoms with van der Waals surface area (Å²) in [5.41, 5.74) is 30.3. The van der Waals surface area contributed by atoms with E-state index in [0.29, 0.717) is 23.3 Å². The van der Waals surface area contributed by atoms with Crippen LogP contribution in [0.25, 0.3) is 201 Å². The van der Waals surface area contributed by atoms with Gasteiger partial charge in [0.05, 0.1) is 44.6 Å². The average Bonchev–Trinajstić information content (AvgIpc) is 1.59. The summed E-state index contributed by atoms with van der Waals surface area (Å²) in [6, 6.07) is 154. The largest absolute Gasteiger partial charge is 0.308 e. The fourth-order valence-corrected chi connectivity index (χ4v) is 17.3. The third-order valence-corrected chi connectivity index (χ3v) is 23.4. The molecule has 590 valence electrons. The Morgan fingerprint density at radius 2 is 0.448 bits per heavy atom. The van der Waals surface area contributed by atoms with E-state index >= 15 is 0 Å². The second-order valence-electron chi connectivity index (χ2n) is 31.1. The van der Waals surface area contributed by atoms with Gasteiger partial charge in [0, 0.05) is 43.8 Å². The molecule has 0 spiro atoms. The highest BCUT2D eigenvalue weighted by Crippen LogP contribution is 2.45. The van der Waals surface area contributed by atoms with Gasteiger partial charge in [-0.15, -0.1) is 0 Å². The van der Waals surface area contributed by atoms with Gasteiger partial charge in [-0.2, -0.15) is 0 Å². The Balaban J connectivity index is 0.000000151. The van der Waals surface area contributed by atoms with E-state index in [1.165, 1.54) is 100 Å². The molecule has 1 aliphatic carbocycles. The van der Waals surface area contributed by atoms with Crippen LogP contribution in [0.1, 0.15) is 11.1 Å². The molecule has 0 bridgehead atoms. The van der Waals surface area contributed by atoms with E-state index in [9.17, 15) is 8.78 Å². The van der Waals surface area contributed by atoms with Crippen molar-refractivity contribution in [2.45, 2.75) is 6.42 Å². The molecule has 22 aromatic rings. The van der Waals surface area contributed by atoms with Gasteiger partial charge < -0.3 is 9.13 Å². The molecule has 0 amide bonds. The van der Waals surface area contributed by atoms with Crippen molar-refractivity contribution >= 4 is 43.6 Å².